The molecule has 2 aliphatic rings. The van der Waals surface area contributed by atoms with Crippen molar-refractivity contribution in [2.24, 2.45) is 17.0 Å². The molecular formula is C44H53N7O11. The highest BCUT2D eigenvalue weighted by molar-refractivity contribution is 5.64. The highest BCUT2D eigenvalue weighted by Crippen LogP contribution is 2.39. The fourth-order valence-corrected chi connectivity index (χ4v) is 7.71. The van der Waals surface area contributed by atoms with Gasteiger partial charge in [0.2, 0.25) is 0 Å². The Morgan fingerprint density at radius 2 is 1.27 bits per heavy atom. The van der Waals surface area contributed by atoms with Crippen LogP contribution >= 0.6 is 0 Å². The molecule has 6 rings (SSSR count). The molecule has 0 radical (unpaired) electrons. The van der Waals surface area contributed by atoms with E-state index in [-0.39, 0.29) is 61.0 Å². The molecule has 2 heterocycles. The summed E-state index contributed by atoms with van der Waals surface area (Å²) >= 11 is 0. The molecular weight excluding hydrogens is 803 g/mol. The monoisotopic (exact) mass is 855 g/mol. The maximum absolute atomic E-state index is 12.3. The number of benzene rings is 4. The number of nitrogens with one attached hydrogen (secondary N) is 2. The van der Waals surface area contributed by atoms with E-state index in [2.05, 4.69) is 20.7 Å². The summed E-state index contributed by atoms with van der Waals surface area (Å²) in [6, 6.07) is 22.1. The van der Waals surface area contributed by atoms with Gasteiger partial charge in [-0.1, -0.05) is 55.4 Å². The van der Waals surface area contributed by atoms with Crippen LogP contribution in [0.2, 0.25) is 0 Å². The first kappa shape index (κ1) is 45.5. The molecule has 4 unspecified atom stereocenters. The predicted molar refractivity (Wildman–Crippen MR) is 230 cm³/mol. The summed E-state index contributed by atoms with van der Waals surface area (Å²) in [7, 11) is 3.19. The molecule has 2 N–H and O–H groups in total. The zero-order chi connectivity index (χ0) is 44.3. The molecule has 330 valence electrons. The zero-order valence-electron chi connectivity index (χ0n) is 35.5. The van der Waals surface area contributed by atoms with Gasteiger partial charge in [-0.3, -0.25) is 20.2 Å². The number of rotatable bonds is 19. The second-order valence-electron chi connectivity index (χ2n) is 15.6. The van der Waals surface area contributed by atoms with Crippen LogP contribution in [0.15, 0.2) is 90.0 Å². The third-order valence-corrected chi connectivity index (χ3v) is 11.4. The molecule has 0 spiro atoms. The lowest BCUT2D eigenvalue weighted by molar-refractivity contribution is -0.384. The topological polar surface area (TPSA) is 224 Å². The summed E-state index contributed by atoms with van der Waals surface area (Å²) in [6.45, 7) is 8.24. The molecule has 62 heavy (non-hydrogen) atoms. The van der Waals surface area contributed by atoms with Crippen molar-refractivity contribution in [3.8, 4) is 11.5 Å². The summed E-state index contributed by atoms with van der Waals surface area (Å²) in [5, 5.41) is 35.4. The number of anilines is 2. The second-order valence-corrected chi connectivity index (χ2v) is 15.6. The van der Waals surface area contributed by atoms with Crippen LogP contribution in [0.5, 0.6) is 11.5 Å². The van der Waals surface area contributed by atoms with Gasteiger partial charge in [-0.15, -0.1) is 0 Å². The van der Waals surface area contributed by atoms with E-state index in [1.807, 2.05) is 62.4 Å². The van der Waals surface area contributed by atoms with E-state index >= 15 is 0 Å². The van der Waals surface area contributed by atoms with E-state index in [1.54, 1.807) is 52.3 Å². The largest absolute Gasteiger partial charge is 0.497 e. The molecule has 4 aromatic carbocycles. The van der Waals surface area contributed by atoms with Crippen LogP contribution in [0.4, 0.5) is 22.7 Å². The van der Waals surface area contributed by atoms with Crippen molar-refractivity contribution < 1.29 is 43.0 Å². The molecule has 9 atom stereocenters. The van der Waals surface area contributed by atoms with Crippen LogP contribution in [-0.4, -0.2) is 86.6 Å². The number of azide groups is 1. The number of aryl methyl sites for hydroxylation is 2. The molecule has 0 bridgehead atoms. The quantitative estimate of drug-likeness (QED) is 0.0298. The maximum atomic E-state index is 12.3. The van der Waals surface area contributed by atoms with Crippen LogP contribution in [0, 0.1) is 45.9 Å². The minimum absolute atomic E-state index is 0.00496. The summed E-state index contributed by atoms with van der Waals surface area (Å²) in [4.78, 5) is 26.8. The zero-order valence-corrected chi connectivity index (χ0v) is 35.5. The number of nitrogens with zero attached hydrogens (tertiary/aromatic N) is 5. The van der Waals surface area contributed by atoms with Crippen molar-refractivity contribution in [2.45, 2.75) is 83.6 Å². The molecule has 0 amide bonds. The lowest BCUT2D eigenvalue weighted by Gasteiger charge is -2.48. The van der Waals surface area contributed by atoms with Crippen molar-refractivity contribution in [2.75, 3.05) is 44.7 Å². The minimum atomic E-state index is -1.12. The molecule has 18 heteroatoms. The Bertz CT molecular complexity index is 2190. The Morgan fingerprint density at radius 1 is 0.758 bits per heavy atom. The fraction of sp³-hybridized carbons (Fsp3) is 0.455. The summed E-state index contributed by atoms with van der Waals surface area (Å²) in [5.74, 6) is 1.06. The molecule has 2 fully saturated rings. The maximum Gasteiger partial charge on any atom is 0.292 e. The van der Waals surface area contributed by atoms with Gasteiger partial charge in [0.25, 0.3) is 11.4 Å². The van der Waals surface area contributed by atoms with Crippen LogP contribution in [-0.2, 0) is 36.9 Å². The summed E-state index contributed by atoms with van der Waals surface area (Å²) < 4.78 is 43.0. The highest BCUT2D eigenvalue weighted by atomic mass is 16.7. The molecule has 0 aliphatic carbocycles. The van der Waals surface area contributed by atoms with E-state index in [4.69, 9.17) is 33.2 Å². The Morgan fingerprint density at radius 3 is 1.77 bits per heavy atom. The number of hydrogen-bond donors (Lipinski definition) is 2. The predicted octanol–water partition coefficient (Wildman–Crippen LogP) is 8.29. The van der Waals surface area contributed by atoms with Gasteiger partial charge in [-0.2, -0.15) is 0 Å². The lowest BCUT2D eigenvalue weighted by Crippen LogP contribution is -2.62. The number of hydrogen-bond acceptors (Lipinski definition) is 14. The smallest absolute Gasteiger partial charge is 0.292 e. The van der Waals surface area contributed by atoms with Crippen molar-refractivity contribution in [1.29, 1.82) is 0 Å². The normalized spacial score (nSPS) is 24.6. The molecule has 4 aromatic rings. The van der Waals surface area contributed by atoms with Gasteiger partial charge in [-0.05, 0) is 89.9 Å². The van der Waals surface area contributed by atoms with E-state index in [0.717, 1.165) is 16.9 Å². The van der Waals surface area contributed by atoms with E-state index in [9.17, 15) is 25.8 Å². The number of nitro groups is 2. The van der Waals surface area contributed by atoms with Crippen LogP contribution in [0.25, 0.3) is 10.4 Å². The molecule has 2 saturated heterocycles. The van der Waals surface area contributed by atoms with Gasteiger partial charge in [0, 0.05) is 17.0 Å². The van der Waals surface area contributed by atoms with Crippen molar-refractivity contribution in [3.63, 3.8) is 0 Å². The Kier molecular flexibility index (Phi) is 15.6. The van der Waals surface area contributed by atoms with Gasteiger partial charge in [0.1, 0.15) is 22.9 Å². The lowest BCUT2D eigenvalue weighted by atomic mass is 9.82. The molecule has 0 aromatic heterocycles. The van der Waals surface area contributed by atoms with Gasteiger partial charge in [-0.25, -0.2) is 0 Å². The first-order valence-electron chi connectivity index (χ1n) is 20.3. The number of methoxy groups -OCH3 is 2. The molecule has 2 aliphatic heterocycles. The van der Waals surface area contributed by atoms with Crippen molar-refractivity contribution in [1.82, 2.24) is 0 Å². The average Bonchev–Trinajstić information content (AvgIpc) is 3.26. The number of nitro benzene ring substituents is 2. The van der Waals surface area contributed by atoms with Gasteiger partial charge in [0.05, 0.1) is 93.5 Å². The van der Waals surface area contributed by atoms with Gasteiger partial charge >= 0.3 is 0 Å². The average molecular weight is 856 g/mol. The first-order valence-corrected chi connectivity index (χ1v) is 20.3. The standard InChI is InChI=1S/C44H53N7O11/c1-26-7-17-34(37(19-26)50(52)53)46-36-23-60-40(25-59-22-31-11-15-33(57-6)16-12-31)42(48-49-45)43(36)62-44-41(47-35-18-8-27(2)20-38(35)51(54)55)29(4)28(3)39(61-44)24-58-21-30-9-13-32(56-5)14-10-30/h7-20,28-29,36,39-44,46-47H,21-25H2,1-6H3/t28-,29+,36?,39?,40?,41?,42+,43-,44+/m1/s1. The molecule has 0 saturated carbocycles. The van der Waals surface area contributed by atoms with Crippen molar-refractivity contribution >= 4 is 22.7 Å². The second kappa shape index (κ2) is 21.2. The summed E-state index contributed by atoms with van der Waals surface area (Å²) in [6.07, 6.45) is -3.47. The van der Waals surface area contributed by atoms with Crippen molar-refractivity contribution in [3.05, 3.63) is 138 Å². The van der Waals surface area contributed by atoms with Crippen LogP contribution in [0.1, 0.15) is 36.1 Å². The van der Waals surface area contributed by atoms with E-state index < -0.39 is 52.6 Å². The highest BCUT2D eigenvalue weighted by Gasteiger charge is 2.48. The summed E-state index contributed by atoms with van der Waals surface area (Å²) in [5.41, 5.74) is 13.4. The van der Waals surface area contributed by atoms with E-state index in [0.29, 0.717) is 23.5 Å². The van der Waals surface area contributed by atoms with Crippen LogP contribution in [0.3, 0.4) is 0 Å². The fourth-order valence-electron chi connectivity index (χ4n) is 7.71. The van der Waals surface area contributed by atoms with Crippen LogP contribution < -0.4 is 20.1 Å². The Labute approximate surface area is 359 Å². The van der Waals surface area contributed by atoms with Gasteiger partial charge in [0.15, 0.2) is 6.29 Å². The van der Waals surface area contributed by atoms with E-state index in [1.165, 1.54) is 12.1 Å². The Hall–Kier alpha value is -6.01. The Balaban J connectivity index is 1.33. The van der Waals surface area contributed by atoms with Gasteiger partial charge < -0.3 is 43.8 Å². The minimum Gasteiger partial charge on any atom is -0.497 e. The first-order chi connectivity index (χ1) is 29.9. The molecule has 18 nitrogen and oxygen atoms in total. The third kappa shape index (κ3) is 11.3. The third-order valence-electron chi connectivity index (χ3n) is 11.4. The SMILES string of the molecule is COc1ccc(COCC2O[C@@H](O[C@@H]3C(Nc4ccc(C)cc4[N+](=O)[O-])COC(COCc4ccc(OC)cc4)[C@@H]3N=[N+]=[N-])C(Nc3ccc(C)cc3[N+](=O)[O-])[C@@H](C)[C@H]2C)cc1. The number of ether oxygens (including phenoxy) is 7.